The smallest absolute Gasteiger partial charge is 0.335 e. The predicted molar refractivity (Wildman–Crippen MR) is 101 cm³/mol. The molecule has 1 atom stereocenters. The van der Waals surface area contributed by atoms with Crippen LogP contribution in [-0.2, 0) is 16.0 Å². The molecule has 0 saturated carbocycles. The second kappa shape index (κ2) is 8.19. The van der Waals surface area contributed by atoms with Gasteiger partial charge in [-0.1, -0.05) is 12.1 Å². The van der Waals surface area contributed by atoms with Gasteiger partial charge in [-0.3, -0.25) is 9.59 Å². The number of Topliss-reactive ketones (excluding diaryl/α,β-unsaturated/α-hetero) is 1. The van der Waals surface area contributed by atoms with Crippen LogP contribution in [0.5, 0.6) is 0 Å². The Labute approximate surface area is 155 Å². The van der Waals surface area contributed by atoms with Gasteiger partial charge in [-0.05, 0) is 47.9 Å². The highest BCUT2D eigenvalue weighted by molar-refractivity contribution is 7.99. The molecule has 1 aliphatic rings. The first-order chi connectivity index (χ1) is 12.6. The van der Waals surface area contributed by atoms with Gasteiger partial charge in [0.05, 0.1) is 5.56 Å². The molecule has 1 heterocycles. The Kier molecular flexibility index (Phi) is 5.73. The number of thioether (sulfide) groups is 1. The minimum atomic E-state index is -0.916. The van der Waals surface area contributed by atoms with Gasteiger partial charge < -0.3 is 10.4 Å². The van der Waals surface area contributed by atoms with Crippen molar-refractivity contribution < 1.29 is 19.5 Å². The number of carbonyl (C=O) groups is 3. The van der Waals surface area contributed by atoms with Crippen molar-refractivity contribution in [1.29, 1.82) is 0 Å². The van der Waals surface area contributed by atoms with Crippen LogP contribution in [0.2, 0.25) is 0 Å². The summed E-state index contributed by atoms with van der Waals surface area (Å²) in [6, 6.07) is 13.1. The summed E-state index contributed by atoms with van der Waals surface area (Å²) in [4.78, 5) is 34.0. The maximum atomic E-state index is 11.4. The summed E-state index contributed by atoms with van der Waals surface area (Å²) in [5, 5.41) is 12.2. The summed E-state index contributed by atoms with van der Waals surface area (Å²) in [7, 11) is 0. The molecule has 0 aliphatic carbocycles. The Bertz CT molecular complexity index is 832. The standard InChI is InChI=1S/C20H19NO4S/c22-12-16(23)9-15-11-21-19-6-5-17(10-18(15)19)26-8-7-13-1-3-14(4-2-13)20(24)25/h1-6,10,12,15,21H,7-9,11H2,(H,24,25). The molecular formula is C20H19NO4S. The van der Waals surface area contributed by atoms with Crippen molar-refractivity contribution in [3.8, 4) is 0 Å². The Morgan fingerprint density at radius 3 is 2.65 bits per heavy atom. The number of hydrogen-bond donors (Lipinski definition) is 2. The lowest BCUT2D eigenvalue weighted by molar-refractivity contribution is -0.130. The number of anilines is 1. The van der Waals surface area contributed by atoms with Crippen molar-refractivity contribution >= 4 is 35.5 Å². The monoisotopic (exact) mass is 369 g/mol. The molecule has 3 rings (SSSR count). The molecule has 0 amide bonds. The number of fused-ring (bicyclic) bond motifs is 1. The topological polar surface area (TPSA) is 83.5 Å². The number of aldehydes is 1. The highest BCUT2D eigenvalue weighted by atomic mass is 32.2. The van der Waals surface area contributed by atoms with Gasteiger partial charge >= 0.3 is 5.97 Å². The second-order valence-electron chi connectivity index (χ2n) is 6.22. The van der Waals surface area contributed by atoms with E-state index in [4.69, 9.17) is 5.11 Å². The van der Waals surface area contributed by atoms with Crippen LogP contribution in [0, 0.1) is 0 Å². The fourth-order valence-corrected chi connectivity index (χ4v) is 3.99. The number of carboxylic acids is 1. The number of nitrogens with one attached hydrogen (secondary N) is 1. The second-order valence-corrected chi connectivity index (χ2v) is 7.38. The van der Waals surface area contributed by atoms with Crippen molar-refractivity contribution in [3.63, 3.8) is 0 Å². The van der Waals surface area contributed by atoms with Gasteiger partial charge in [0.15, 0.2) is 12.1 Å². The summed E-state index contributed by atoms with van der Waals surface area (Å²) in [5.41, 5.74) is 3.52. The van der Waals surface area contributed by atoms with Crippen LogP contribution < -0.4 is 5.32 Å². The van der Waals surface area contributed by atoms with Crippen LogP contribution in [0.15, 0.2) is 47.4 Å². The Morgan fingerprint density at radius 2 is 1.96 bits per heavy atom. The number of aryl methyl sites for hydroxylation is 1. The summed E-state index contributed by atoms with van der Waals surface area (Å²) in [6.45, 7) is 0.680. The lowest BCUT2D eigenvalue weighted by Gasteiger charge is -2.09. The van der Waals surface area contributed by atoms with Gasteiger partial charge in [-0.25, -0.2) is 4.79 Å². The minimum absolute atomic E-state index is 0.0480. The van der Waals surface area contributed by atoms with Crippen molar-refractivity contribution in [2.45, 2.75) is 23.7 Å². The van der Waals surface area contributed by atoms with E-state index < -0.39 is 5.97 Å². The van der Waals surface area contributed by atoms with E-state index in [2.05, 4.69) is 11.4 Å². The van der Waals surface area contributed by atoms with Crippen LogP contribution in [0.25, 0.3) is 0 Å². The minimum Gasteiger partial charge on any atom is -0.478 e. The molecule has 0 radical (unpaired) electrons. The van der Waals surface area contributed by atoms with Gasteiger partial charge in [0, 0.05) is 35.2 Å². The predicted octanol–water partition coefficient (Wildman–Crippen LogP) is 3.39. The first kappa shape index (κ1) is 18.2. The zero-order chi connectivity index (χ0) is 18.5. The molecule has 6 heteroatoms. The molecule has 1 aliphatic heterocycles. The van der Waals surface area contributed by atoms with Gasteiger partial charge in [0.2, 0.25) is 0 Å². The van der Waals surface area contributed by atoms with Gasteiger partial charge in [0.25, 0.3) is 0 Å². The molecule has 2 aromatic carbocycles. The van der Waals surface area contributed by atoms with Crippen LogP contribution in [0.4, 0.5) is 5.69 Å². The lowest BCUT2D eigenvalue weighted by Crippen LogP contribution is -2.09. The number of aromatic carboxylic acids is 1. The lowest BCUT2D eigenvalue weighted by atomic mass is 9.96. The Balaban J connectivity index is 1.59. The maximum Gasteiger partial charge on any atom is 0.335 e. The fraction of sp³-hybridized carbons (Fsp3) is 0.250. The molecule has 0 fully saturated rings. The Morgan fingerprint density at radius 1 is 1.19 bits per heavy atom. The number of ketones is 1. The summed E-state index contributed by atoms with van der Waals surface area (Å²) in [6.07, 6.45) is 1.48. The van der Waals surface area contributed by atoms with Crippen molar-refractivity contribution in [2.24, 2.45) is 0 Å². The highest BCUT2D eigenvalue weighted by Gasteiger charge is 2.24. The number of hydrogen-bond acceptors (Lipinski definition) is 5. The molecule has 134 valence electrons. The summed E-state index contributed by atoms with van der Waals surface area (Å²) < 4.78 is 0. The highest BCUT2D eigenvalue weighted by Crippen LogP contribution is 2.36. The molecule has 0 bridgehead atoms. The van der Waals surface area contributed by atoms with Gasteiger partial charge in [-0.2, -0.15) is 0 Å². The summed E-state index contributed by atoms with van der Waals surface area (Å²) in [5.74, 6) is -0.365. The molecule has 0 aromatic heterocycles. The maximum absolute atomic E-state index is 11.4. The molecule has 2 N–H and O–H groups in total. The molecule has 0 saturated heterocycles. The largest absolute Gasteiger partial charge is 0.478 e. The van der Waals surface area contributed by atoms with Crippen LogP contribution in [0.1, 0.15) is 33.8 Å². The first-order valence-electron chi connectivity index (χ1n) is 8.37. The van der Waals surface area contributed by atoms with E-state index in [0.717, 1.165) is 33.9 Å². The van der Waals surface area contributed by atoms with E-state index in [1.54, 1.807) is 23.9 Å². The molecule has 1 unspecified atom stereocenters. The van der Waals surface area contributed by atoms with E-state index in [-0.39, 0.29) is 18.1 Å². The number of carboxylic acid groups (broad SMARTS) is 1. The third-order valence-electron chi connectivity index (χ3n) is 4.44. The third kappa shape index (κ3) is 4.32. The van der Waals surface area contributed by atoms with Crippen molar-refractivity contribution in [1.82, 2.24) is 0 Å². The Hall–Kier alpha value is -2.60. The molecule has 5 nitrogen and oxygen atoms in total. The van der Waals surface area contributed by atoms with Crippen molar-refractivity contribution in [3.05, 3.63) is 59.2 Å². The summed E-state index contributed by atoms with van der Waals surface area (Å²) >= 11 is 1.72. The van der Waals surface area contributed by atoms with E-state index >= 15 is 0 Å². The SMILES string of the molecule is O=CC(=O)CC1CNc2ccc(SCCc3ccc(C(=O)O)cc3)cc21. The normalized spacial score (nSPS) is 15.2. The molecule has 26 heavy (non-hydrogen) atoms. The number of rotatable bonds is 8. The zero-order valence-electron chi connectivity index (χ0n) is 14.1. The number of benzene rings is 2. The van der Waals surface area contributed by atoms with Crippen LogP contribution >= 0.6 is 11.8 Å². The fourth-order valence-electron chi connectivity index (χ4n) is 3.05. The van der Waals surface area contributed by atoms with Crippen molar-refractivity contribution in [2.75, 3.05) is 17.6 Å². The molecule has 0 spiro atoms. The van der Waals surface area contributed by atoms with E-state index in [0.29, 0.717) is 18.4 Å². The van der Waals surface area contributed by atoms with E-state index in [1.807, 2.05) is 24.3 Å². The first-order valence-corrected chi connectivity index (χ1v) is 9.36. The average molecular weight is 369 g/mol. The third-order valence-corrected chi connectivity index (χ3v) is 5.44. The number of carbonyl (C=O) groups excluding carboxylic acids is 2. The van der Waals surface area contributed by atoms with E-state index in [9.17, 15) is 14.4 Å². The molecular weight excluding hydrogens is 350 g/mol. The average Bonchev–Trinajstić information content (AvgIpc) is 3.04. The molecule has 2 aromatic rings. The van der Waals surface area contributed by atoms with Gasteiger partial charge in [0.1, 0.15) is 0 Å². The quantitative estimate of drug-likeness (QED) is 0.422. The van der Waals surface area contributed by atoms with Crippen LogP contribution in [0.3, 0.4) is 0 Å². The van der Waals surface area contributed by atoms with Crippen LogP contribution in [-0.4, -0.2) is 35.4 Å². The zero-order valence-corrected chi connectivity index (χ0v) is 14.9. The van der Waals surface area contributed by atoms with Gasteiger partial charge in [-0.15, -0.1) is 11.8 Å². The van der Waals surface area contributed by atoms with E-state index in [1.165, 1.54) is 0 Å².